The van der Waals surface area contributed by atoms with Crippen LogP contribution in [-0.4, -0.2) is 16.4 Å². The van der Waals surface area contributed by atoms with Crippen molar-refractivity contribution in [3.05, 3.63) is 101 Å². The van der Waals surface area contributed by atoms with E-state index in [2.05, 4.69) is 50.4 Å². The van der Waals surface area contributed by atoms with Gasteiger partial charge in [-0.05, 0) is 52.8 Å². The highest BCUT2D eigenvalue weighted by atomic mass is 16.2. The van der Waals surface area contributed by atoms with Crippen LogP contribution in [0.1, 0.15) is 54.4 Å². The van der Waals surface area contributed by atoms with Gasteiger partial charge in [0.15, 0.2) is 0 Å². The molecule has 0 fully saturated rings. The molecule has 4 rings (SSSR count). The van der Waals surface area contributed by atoms with Crippen LogP contribution in [0.4, 0.5) is 5.69 Å². The third-order valence-corrected chi connectivity index (χ3v) is 6.08. The number of nitrogens with two attached hydrogens (primary N) is 1. The molecule has 174 valence electrons. The summed E-state index contributed by atoms with van der Waals surface area (Å²) in [7, 11) is 0. The summed E-state index contributed by atoms with van der Waals surface area (Å²) >= 11 is 0. The SMILES string of the molecule is CC(C)(C)c1ccc(Cn2c(C(N)=O)cc3cc(NC(=O)CCc4ccccc4)ccc32)cc1. The number of rotatable bonds is 7. The maximum Gasteiger partial charge on any atom is 0.265 e. The van der Waals surface area contributed by atoms with Gasteiger partial charge in [-0.3, -0.25) is 9.59 Å². The van der Waals surface area contributed by atoms with Gasteiger partial charge in [0, 0.05) is 29.6 Å². The lowest BCUT2D eigenvalue weighted by atomic mass is 9.87. The lowest BCUT2D eigenvalue weighted by molar-refractivity contribution is -0.116. The lowest BCUT2D eigenvalue weighted by Crippen LogP contribution is -2.17. The fourth-order valence-corrected chi connectivity index (χ4v) is 4.14. The largest absolute Gasteiger partial charge is 0.364 e. The molecule has 1 aromatic heterocycles. The van der Waals surface area contributed by atoms with Crippen LogP contribution in [0.3, 0.4) is 0 Å². The van der Waals surface area contributed by atoms with E-state index in [0.29, 0.717) is 30.8 Å². The summed E-state index contributed by atoms with van der Waals surface area (Å²) in [5.41, 5.74) is 11.3. The second-order valence-corrected chi connectivity index (χ2v) is 9.73. The second-order valence-electron chi connectivity index (χ2n) is 9.73. The molecule has 3 N–H and O–H groups in total. The molecule has 0 aliphatic rings. The first-order valence-corrected chi connectivity index (χ1v) is 11.6. The second kappa shape index (κ2) is 9.56. The van der Waals surface area contributed by atoms with Crippen LogP contribution >= 0.6 is 0 Å². The zero-order chi connectivity index (χ0) is 24.3. The predicted molar refractivity (Wildman–Crippen MR) is 138 cm³/mol. The molecule has 0 bridgehead atoms. The molecule has 0 aliphatic carbocycles. The van der Waals surface area contributed by atoms with Gasteiger partial charge in [0.2, 0.25) is 5.91 Å². The van der Waals surface area contributed by atoms with Crippen molar-refractivity contribution in [2.75, 3.05) is 5.32 Å². The summed E-state index contributed by atoms with van der Waals surface area (Å²) in [5.74, 6) is -0.521. The number of carbonyl (C=O) groups excluding carboxylic acids is 2. The van der Waals surface area contributed by atoms with Gasteiger partial charge in [-0.15, -0.1) is 0 Å². The molecular weight excluding hydrogens is 422 g/mol. The summed E-state index contributed by atoms with van der Waals surface area (Å²) in [5, 5.41) is 3.83. The fourth-order valence-electron chi connectivity index (χ4n) is 4.14. The highest BCUT2D eigenvalue weighted by Gasteiger charge is 2.16. The number of nitrogens with zero attached hydrogens (tertiary/aromatic N) is 1. The van der Waals surface area contributed by atoms with Crippen LogP contribution in [0.15, 0.2) is 78.9 Å². The number of anilines is 1. The summed E-state index contributed by atoms with van der Waals surface area (Å²) in [6, 6.07) is 25.9. The molecule has 5 nitrogen and oxygen atoms in total. The van der Waals surface area contributed by atoms with E-state index in [-0.39, 0.29) is 11.3 Å². The third kappa shape index (κ3) is 5.37. The van der Waals surface area contributed by atoms with E-state index in [0.717, 1.165) is 22.0 Å². The highest BCUT2D eigenvalue weighted by molar-refractivity contribution is 6.00. The molecular formula is C29H31N3O2. The molecule has 0 saturated heterocycles. The minimum atomic E-state index is -0.476. The smallest absolute Gasteiger partial charge is 0.265 e. The number of aryl methyl sites for hydroxylation is 1. The Balaban J connectivity index is 1.53. The van der Waals surface area contributed by atoms with Crippen molar-refractivity contribution in [3.63, 3.8) is 0 Å². The van der Waals surface area contributed by atoms with Gasteiger partial charge in [-0.25, -0.2) is 0 Å². The molecule has 0 radical (unpaired) electrons. The molecule has 0 atom stereocenters. The Morgan fingerprint density at radius 3 is 2.24 bits per heavy atom. The molecule has 2 amide bonds. The van der Waals surface area contributed by atoms with Crippen molar-refractivity contribution in [1.82, 2.24) is 4.57 Å². The van der Waals surface area contributed by atoms with E-state index in [9.17, 15) is 9.59 Å². The topological polar surface area (TPSA) is 77.1 Å². The molecule has 5 heteroatoms. The quantitative estimate of drug-likeness (QED) is 0.379. The van der Waals surface area contributed by atoms with Crippen LogP contribution < -0.4 is 11.1 Å². The zero-order valence-corrected chi connectivity index (χ0v) is 20.0. The van der Waals surface area contributed by atoms with Gasteiger partial charge >= 0.3 is 0 Å². The van der Waals surface area contributed by atoms with Gasteiger partial charge in [0.05, 0.1) is 0 Å². The summed E-state index contributed by atoms with van der Waals surface area (Å²) in [6.07, 6.45) is 1.09. The highest BCUT2D eigenvalue weighted by Crippen LogP contribution is 2.26. The van der Waals surface area contributed by atoms with Crippen molar-refractivity contribution < 1.29 is 9.59 Å². The number of hydrogen-bond donors (Lipinski definition) is 2. The van der Waals surface area contributed by atoms with Gasteiger partial charge in [-0.1, -0.05) is 75.4 Å². The lowest BCUT2D eigenvalue weighted by Gasteiger charge is -2.19. The Hall–Kier alpha value is -3.86. The molecule has 0 saturated carbocycles. The number of fused-ring (bicyclic) bond motifs is 1. The number of carbonyl (C=O) groups is 2. The summed E-state index contributed by atoms with van der Waals surface area (Å²) in [6.45, 7) is 7.09. The monoisotopic (exact) mass is 453 g/mol. The van der Waals surface area contributed by atoms with E-state index in [1.165, 1.54) is 5.56 Å². The van der Waals surface area contributed by atoms with Gasteiger partial charge in [-0.2, -0.15) is 0 Å². The Morgan fingerprint density at radius 2 is 1.59 bits per heavy atom. The van der Waals surface area contributed by atoms with Crippen LogP contribution in [0.25, 0.3) is 10.9 Å². The molecule has 34 heavy (non-hydrogen) atoms. The van der Waals surface area contributed by atoms with Crippen LogP contribution in [-0.2, 0) is 23.2 Å². The van der Waals surface area contributed by atoms with E-state index in [4.69, 9.17) is 5.73 Å². The zero-order valence-electron chi connectivity index (χ0n) is 20.0. The average molecular weight is 454 g/mol. The Morgan fingerprint density at radius 1 is 0.882 bits per heavy atom. The maximum atomic E-state index is 12.5. The normalized spacial score (nSPS) is 11.5. The van der Waals surface area contributed by atoms with Gasteiger partial charge in [0.25, 0.3) is 5.91 Å². The van der Waals surface area contributed by atoms with E-state index < -0.39 is 5.91 Å². The van der Waals surface area contributed by atoms with Crippen molar-refractivity contribution in [1.29, 1.82) is 0 Å². The molecule has 0 spiro atoms. The number of hydrogen-bond acceptors (Lipinski definition) is 2. The Bertz CT molecular complexity index is 1310. The van der Waals surface area contributed by atoms with Crippen molar-refractivity contribution in [3.8, 4) is 0 Å². The Labute approximate surface area is 200 Å². The maximum absolute atomic E-state index is 12.5. The number of benzene rings is 3. The third-order valence-electron chi connectivity index (χ3n) is 6.08. The number of amides is 2. The van der Waals surface area contributed by atoms with Crippen LogP contribution in [0.5, 0.6) is 0 Å². The standard InChI is InChI=1S/C29H31N3O2/c1-29(2,3)23-12-9-21(10-13-23)19-32-25-15-14-24(17-22(25)18-26(32)28(30)34)31-27(33)16-11-20-7-5-4-6-8-20/h4-10,12-15,17-18H,11,16,19H2,1-3H3,(H2,30,34)(H,31,33). The van der Waals surface area contributed by atoms with Crippen molar-refractivity contribution in [2.45, 2.75) is 45.6 Å². The van der Waals surface area contributed by atoms with E-state index >= 15 is 0 Å². The molecule has 1 heterocycles. The van der Waals surface area contributed by atoms with E-state index in [1.54, 1.807) is 6.07 Å². The average Bonchev–Trinajstić information content (AvgIpc) is 3.16. The first-order valence-electron chi connectivity index (χ1n) is 11.6. The minimum Gasteiger partial charge on any atom is -0.364 e. The molecule has 0 aliphatic heterocycles. The number of primary amides is 1. The minimum absolute atomic E-state index is 0.0447. The number of nitrogens with one attached hydrogen (secondary N) is 1. The molecule has 0 unspecified atom stereocenters. The fraction of sp³-hybridized carbons (Fsp3) is 0.241. The molecule has 3 aromatic carbocycles. The summed E-state index contributed by atoms with van der Waals surface area (Å²) in [4.78, 5) is 24.6. The van der Waals surface area contributed by atoms with Gasteiger partial charge in [0.1, 0.15) is 5.69 Å². The molecule has 4 aromatic rings. The predicted octanol–water partition coefficient (Wildman–Crippen LogP) is 5.66. The first-order chi connectivity index (χ1) is 16.2. The van der Waals surface area contributed by atoms with Crippen LogP contribution in [0.2, 0.25) is 0 Å². The summed E-state index contributed by atoms with van der Waals surface area (Å²) < 4.78 is 1.94. The number of aromatic nitrogens is 1. The van der Waals surface area contributed by atoms with E-state index in [1.807, 2.05) is 53.1 Å². The first kappa shape index (κ1) is 23.3. The van der Waals surface area contributed by atoms with Crippen molar-refractivity contribution >= 4 is 28.4 Å². The van der Waals surface area contributed by atoms with Crippen molar-refractivity contribution in [2.24, 2.45) is 5.73 Å². The van der Waals surface area contributed by atoms with Gasteiger partial charge < -0.3 is 15.6 Å². The van der Waals surface area contributed by atoms with Crippen LogP contribution in [0, 0.1) is 0 Å². The Kier molecular flexibility index (Phi) is 6.55.